The Morgan fingerprint density at radius 1 is 0.337 bits per heavy atom. The van der Waals surface area contributed by atoms with E-state index in [4.69, 9.17) is 0 Å². The summed E-state index contributed by atoms with van der Waals surface area (Å²) < 4.78 is 0. The molecule has 4 saturated heterocycles. The van der Waals surface area contributed by atoms with E-state index in [-0.39, 0.29) is 0 Å². The molecular weight excluding hydrogens is 1360 g/mol. The minimum absolute atomic E-state index is 0.383. The van der Waals surface area contributed by atoms with Gasteiger partial charge in [0, 0.05) is 168 Å². The molecule has 8 aromatic rings. The van der Waals surface area contributed by atoms with E-state index in [0.717, 1.165) is 23.0 Å². The summed E-state index contributed by atoms with van der Waals surface area (Å²) in [7, 11) is 0. The van der Waals surface area contributed by atoms with E-state index >= 15 is 0 Å². The molecule has 8 aliphatic rings. The van der Waals surface area contributed by atoms with Gasteiger partial charge in [0.2, 0.25) is 0 Å². The molecule has 0 saturated carbocycles. The number of H-pyrrole nitrogens is 4. The van der Waals surface area contributed by atoms with Crippen molar-refractivity contribution in [2.24, 2.45) is 23.7 Å². The number of nitrogens with one attached hydrogen (secondary N) is 4. The number of aromatic amines is 4. The highest BCUT2D eigenvalue weighted by molar-refractivity contribution is 8.00. The summed E-state index contributed by atoms with van der Waals surface area (Å²) in [5.41, 5.74) is 17.4. The predicted octanol–water partition coefficient (Wildman–Crippen LogP) is 18.5. The highest BCUT2D eigenvalue weighted by Crippen LogP contribution is 2.50. The van der Waals surface area contributed by atoms with Gasteiger partial charge in [0.15, 0.2) is 0 Å². The molecule has 8 heterocycles. The Balaban J connectivity index is 0.000000123. The lowest BCUT2D eigenvalue weighted by Crippen LogP contribution is -2.50. The van der Waals surface area contributed by atoms with Crippen LogP contribution in [0.5, 0.6) is 0 Å². The summed E-state index contributed by atoms with van der Waals surface area (Å²) in [6.07, 6.45) is 26.2. The molecule has 0 unspecified atom stereocenters. The number of ketones is 4. The molecule has 16 rings (SSSR count). The van der Waals surface area contributed by atoms with E-state index in [0.29, 0.717) is 143 Å². The molecule has 0 radical (unpaired) electrons. The van der Waals surface area contributed by atoms with E-state index in [1.54, 1.807) is 22.3 Å². The van der Waals surface area contributed by atoms with Crippen molar-refractivity contribution < 1.29 is 19.2 Å². The van der Waals surface area contributed by atoms with Gasteiger partial charge in [-0.15, -0.1) is 0 Å². The van der Waals surface area contributed by atoms with E-state index in [1.807, 2.05) is 74.7 Å². The largest absolute Gasteiger partial charge is 0.361 e. The number of fused-ring (bicyclic) bond motifs is 8. The lowest BCUT2D eigenvalue weighted by Gasteiger charge is -2.47. The lowest BCUT2D eigenvalue weighted by molar-refractivity contribution is -0.117. The number of benzene rings is 4. The molecule has 4 aliphatic carbocycles. The van der Waals surface area contributed by atoms with Crippen molar-refractivity contribution in [2.45, 2.75) is 206 Å². The first kappa shape index (κ1) is 77.1. The Morgan fingerprint density at radius 3 is 0.760 bits per heavy atom. The molecule has 104 heavy (non-hydrogen) atoms. The first-order valence-corrected chi connectivity index (χ1v) is 45.1. The third kappa shape index (κ3) is 17.3. The van der Waals surface area contributed by atoms with Crippen LogP contribution in [0.3, 0.4) is 0 Å². The van der Waals surface area contributed by atoms with E-state index in [1.165, 1.54) is 195 Å². The summed E-state index contributed by atoms with van der Waals surface area (Å²) in [5.74, 6) is 14.0. The van der Waals surface area contributed by atoms with Crippen molar-refractivity contribution in [3.05, 3.63) is 142 Å². The Bertz CT molecular complexity index is 3660. The Morgan fingerprint density at radius 2 is 0.558 bits per heavy atom. The van der Waals surface area contributed by atoms with Crippen LogP contribution in [0.2, 0.25) is 0 Å². The van der Waals surface area contributed by atoms with Crippen molar-refractivity contribution in [2.75, 3.05) is 98.4 Å². The maximum Gasteiger partial charge on any atom is 0.142 e. The summed E-state index contributed by atoms with van der Waals surface area (Å²) in [6.45, 7) is 26.5. The smallest absolute Gasteiger partial charge is 0.142 e. The zero-order valence-electron chi connectivity index (χ0n) is 63.8. The highest BCUT2D eigenvalue weighted by atomic mass is 32.2. The molecule has 4 aromatic heterocycles. The number of Topliss-reactive ketones (excluding diaryl/α,β-unsaturated/α-hetero) is 4. The molecule has 12 nitrogen and oxygen atoms in total. The minimum atomic E-state index is 0.383. The number of carbonyl (C=O) groups is 4. The van der Waals surface area contributed by atoms with Crippen molar-refractivity contribution >= 4 is 114 Å². The molecule has 0 bridgehead atoms. The van der Waals surface area contributed by atoms with Crippen LogP contribution in [0.1, 0.15) is 201 Å². The third-order valence-electron chi connectivity index (χ3n) is 24.7. The van der Waals surface area contributed by atoms with Crippen LogP contribution in [0, 0.1) is 23.7 Å². The number of thioether (sulfide) groups is 4. The Kier molecular flexibility index (Phi) is 27.0. The number of likely N-dealkylation sites (tertiary alicyclic amines) is 4. The standard InChI is InChI=1S/4C22H30N2OS/c4*1-3-8-24-12-15(13-26-14-17(25)4-2)9-19-18-6-5-7-20-22(18)16(11-23-20)10-21(19)24/h4*5-7,11,15,19,21,23H,3-4,8-10,12-14H2,1-2H3/t4*15-,19-,21-/m1111/s1. The second-order valence-electron chi connectivity index (χ2n) is 31.9. The molecule has 16 heteroatoms. The fraction of sp³-hybridized carbons (Fsp3) is 0.591. The fourth-order valence-corrected chi connectivity index (χ4v) is 24.5. The average Bonchev–Trinajstić information content (AvgIpc) is 1.54. The monoisotopic (exact) mass is 1480 g/mol. The van der Waals surface area contributed by atoms with Gasteiger partial charge in [-0.2, -0.15) is 47.0 Å². The number of piperidine rings is 4. The Labute approximate surface area is 638 Å². The quantitative estimate of drug-likeness (QED) is 0.0370. The average molecular weight is 1480 g/mol. The van der Waals surface area contributed by atoms with Gasteiger partial charge in [0.05, 0.1) is 23.0 Å². The summed E-state index contributed by atoms with van der Waals surface area (Å²) in [6, 6.07) is 29.7. The van der Waals surface area contributed by atoms with E-state index < -0.39 is 0 Å². The van der Waals surface area contributed by atoms with Gasteiger partial charge in [0.1, 0.15) is 23.1 Å². The first-order chi connectivity index (χ1) is 50.8. The van der Waals surface area contributed by atoms with Crippen LogP contribution in [-0.4, -0.2) is 185 Å². The van der Waals surface area contributed by atoms with Crippen molar-refractivity contribution in [1.29, 1.82) is 0 Å². The van der Waals surface area contributed by atoms with Crippen molar-refractivity contribution in [3.63, 3.8) is 0 Å². The van der Waals surface area contributed by atoms with Crippen LogP contribution in [0.15, 0.2) is 97.6 Å². The minimum Gasteiger partial charge on any atom is -0.361 e. The van der Waals surface area contributed by atoms with Gasteiger partial charge in [-0.3, -0.25) is 38.8 Å². The highest BCUT2D eigenvalue weighted by Gasteiger charge is 2.45. The molecule has 4 fully saturated rings. The zero-order valence-corrected chi connectivity index (χ0v) is 67.1. The van der Waals surface area contributed by atoms with Crippen LogP contribution in [0.25, 0.3) is 43.6 Å². The zero-order chi connectivity index (χ0) is 72.4. The van der Waals surface area contributed by atoms with Gasteiger partial charge < -0.3 is 19.9 Å². The SMILES string of the molecule is CCCN1C[C@H](CSCC(=O)CC)C[C@@H]2c3cccc4[nH]cc(c34)C[C@H]21.CCCN1C[C@H](CSCC(=O)CC)C[C@@H]2c3cccc4[nH]cc(c34)C[C@H]21.CCCN1C[C@H](CSCC(=O)CC)C[C@@H]2c3cccc4[nH]cc(c34)C[C@H]21.CCCN1C[C@H](CSCC(=O)CC)C[C@@H]2c3cccc4[nH]cc(c34)C[C@H]21. The summed E-state index contributed by atoms with van der Waals surface area (Å²) in [5, 5.41) is 5.94. The molecule has 4 aliphatic heterocycles. The second kappa shape index (κ2) is 36.4. The second-order valence-corrected chi connectivity index (χ2v) is 36.0. The molecule has 4 N–H and O–H groups in total. The molecule has 0 spiro atoms. The predicted molar refractivity (Wildman–Crippen MR) is 445 cm³/mol. The number of aromatic nitrogens is 4. The molecule has 560 valence electrons. The maximum absolute atomic E-state index is 11.6. The Hall–Kier alpha value is -5.04. The number of nitrogens with zero attached hydrogens (tertiary/aromatic N) is 4. The molecular formula is C88H120N8O4S4. The van der Waals surface area contributed by atoms with Crippen molar-refractivity contribution in [1.82, 2.24) is 39.5 Å². The number of carbonyl (C=O) groups excluding carboxylic acids is 4. The molecule has 0 amide bonds. The van der Waals surface area contributed by atoms with E-state index in [9.17, 15) is 19.2 Å². The van der Waals surface area contributed by atoms with Gasteiger partial charge in [-0.25, -0.2) is 0 Å². The van der Waals surface area contributed by atoms with Gasteiger partial charge in [-0.1, -0.05) is 104 Å². The van der Waals surface area contributed by atoms with Gasteiger partial charge in [-0.05, 0) is 219 Å². The number of rotatable bonds is 28. The normalized spacial score (nSPS) is 25.4. The van der Waals surface area contributed by atoms with E-state index in [2.05, 4.69) is 165 Å². The lowest BCUT2D eigenvalue weighted by atomic mass is 9.72. The molecule has 4 aromatic carbocycles. The first-order valence-electron chi connectivity index (χ1n) is 40.5. The third-order valence-corrected chi connectivity index (χ3v) is 29.7. The number of hydrogen-bond donors (Lipinski definition) is 4. The number of hydrogen-bond acceptors (Lipinski definition) is 12. The van der Waals surface area contributed by atoms with Gasteiger partial charge >= 0.3 is 0 Å². The molecule has 12 atom stereocenters. The van der Waals surface area contributed by atoms with Crippen molar-refractivity contribution in [3.8, 4) is 0 Å². The fourth-order valence-electron chi connectivity index (χ4n) is 20.0. The van der Waals surface area contributed by atoms with Crippen LogP contribution in [0.4, 0.5) is 0 Å². The maximum atomic E-state index is 11.6. The summed E-state index contributed by atoms with van der Waals surface area (Å²) in [4.78, 5) is 71.5. The topological polar surface area (TPSA) is 144 Å². The van der Waals surface area contributed by atoms with Crippen LogP contribution >= 0.6 is 47.0 Å². The van der Waals surface area contributed by atoms with Crippen LogP contribution in [-0.2, 0) is 44.9 Å². The van der Waals surface area contributed by atoms with Crippen LogP contribution < -0.4 is 0 Å². The summed E-state index contributed by atoms with van der Waals surface area (Å²) >= 11 is 7.40. The van der Waals surface area contributed by atoms with Gasteiger partial charge in [0.25, 0.3) is 0 Å².